The number of pyridine rings is 1. The molecular formula is C17H17N3O4. The first kappa shape index (κ1) is 15.8. The number of phenolic OH excluding ortho intramolecular Hbond substituents is 1. The summed E-state index contributed by atoms with van der Waals surface area (Å²) in [7, 11) is 1.49. The van der Waals surface area contributed by atoms with Gasteiger partial charge in [-0.05, 0) is 36.8 Å². The van der Waals surface area contributed by atoms with Crippen LogP contribution in [0.4, 0.5) is 11.5 Å². The van der Waals surface area contributed by atoms with Gasteiger partial charge in [-0.25, -0.2) is 4.98 Å². The van der Waals surface area contributed by atoms with Crippen LogP contribution in [0.5, 0.6) is 11.5 Å². The third-order valence-electron chi connectivity index (χ3n) is 3.70. The summed E-state index contributed by atoms with van der Waals surface area (Å²) < 4.78 is 6.55. The van der Waals surface area contributed by atoms with Crippen LogP contribution in [0, 0.1) is 6.92 Å². The molecule has 0 spiro atoms. The van der Waals surface area contributed by atoms with E-state index in [9.17, 15) is 15.0 Å². The molecule has 7 heteroatoms. The molecule has 0 bridgehead atoms. The van der Waals surface area contributed by atoms with Crippen molar-refractivity contribution in [3.05, 3.63) is 58.0 Å². The van der Waals surface area contributed by atoms with Crippen LogP contribution in [0.2, 0.25) is 0 Å². The predicted molar refractivity (Wildman–Crippen MR) is 90.1 cm³/mol. The summed E-state index contributed by atoms with van der Waals surface area (Å²) in [5, 5.41) is 22.5. The van der Waals surface area contributed by atoms with E-state index in [1.807, 2.05) is 13.0 Å². The van der Waals surface area contributed by atoms with Gasteiger partial charge in [-0.3, -0.25) is 9.20 Å². The average molecular weight is 327 g/mol. The lowest BCUT2D eigenvalue weighted by molar-refractivity contribution is 0.280. The Bertz CT molecular complexity index is 966. The molecule has 1 aromatic carbocycles. The van der Waals surface area contributed by atoms with Crippen LogP contribution < -0.4 is 15.6 Å². The largest absolute Gasteiger partial charge is 0.506 e. The molecule has 0 amide bonds. The first-order valence-electron chi connectivity index (χ1n) is 7.31. The number of aliphatic hydroxyl groups is 1. The van der Waals surface area contributed by atoms with Gasteiger partial charge >= 0.3 is 0 Å². The third kappa shape index (κ3) is 2.65. The predicted octanol–water partition coefficient (Wildman–Crippen LogP) is 1.95. The standard InChI is InChI=1S/C17H17N3O4/c1-10-5-6-12(13(22)8-10)18-15-11(9-21)17(23)20-7-3-4-14(24-2)16(20)19-15/h3-8,18,21-22H,9H2,1-2H3. The van der Waals surface area contributed by atoms with Crippen molar-refractivity contribution in [3.63, 3.8) is 0 Å². The summed E-state index contributed by atoms with van der Waals surface area (Å²) in [6.07, 6.45) is 1.56. The molecule has 0 unspecified atom stereocenters. The highest BCUT2D eigenvalue weighted by Gasteiger charge is 2.15. The molecule has 0 radical (unpaired) electrons. The Morgan fingerprint density at radius 3 is 2.79 bits per heavy atom. The smallest absolute Gasteiger partial charge is 0.265 e. The van der Waals surface area contributed by atoms with E-state index in [4.69, 9.17) is 4.74 Å². The Balaban J connectivity index is 2.21. The summed E-state index contributed by atoms with van der Waals surface area (Å²) in [4.78, 5) is 17.0. The zero-order chi connectivity index (χ0) is 17.3. The molecule has 124 valence electrons. The van der Waals surface area contributed by atoms with Crippen molar-refractivity contribution in [2.45, 2.75) is 13.5 Å². The second-order valence-electron chi connectivity index (χ2n) is 5.32. The highest BCUT2D eigenvalue weighted by molar-refractivity contribution is 5.68. The number of rotatable bonds is 4. The van der Waals surface area contributed by atoms with Crippen LogP contribution in [-0.2, 0) is 6.61 Å². The normalized spacial score (nSPS) is 10.8. The number of ether oxygens (including phenoxy) is 1. The van der Waals surface area contributed by atoms with Crippen LogP contribution in [0.1, 0.15) is 11.1 Å². The zero-order valence-corrected chi connectivity index (χ0v) is 13.3. The number of benzene rings is 1. The lowest BCUT2D eigenvalue weighted by Gasteiger charge is -2.14. The minimum Gasteiger partial charge on any atom is -0.506 e. The maximum Gasteiger partial charge on any atom is 0.265 e. The number of fused-ring (bicyclic) bond motifs is 1. The van der Waals surface area contributed by atoms with Crippen molar-refractivity contribution in [1.82, 2.24) is 9.38 Å². The maximum atomic E-state index is 12.6. The van der Waals surface area contributed by atoms with Gasteiger partial charge in [-0.15, -0.1) is 0 Å². The van der Waals surface area contributed by atoms with Crippen molar-refractivity contribution >= 4 is 17.2 Å². The summed E-state index contributed by atoms with van der Waals surface area (Å²) in [6.45, 7) is 1.37. The van der Waals surface area contributed by atoms with Gasteiger partial charge in [0.1, 0.15) is 11.6 Å². The number of aromatic nitrogens is 2. The minimum absolute atomic E-state index is 0.0286. The van der Waals surface area contributed by atoms with E-state index in [2.05, 4.69) is 10.3 Å². The van der Waals surface area contributed by atoms with Crippen molar-refractivity contribution in [2.24, 2.45) is 0 Å². The van der Waals surface area contributed by atoms with Gasteiger partial charge < -0.3 is 20.3 Å². The fourth-order valence-corrected chi connectivity index (χ4v) is 2.45. The number of nitrogens with zero attached hydrogens (tertiary/aromatic N) is 2. The molecule has 3 N–H and O–H groups in total. The fourth-order valence-electron chi connectivity index (χ4n) is 2.45. The third-order valence-corrected chi connectivity index (χ3v) is 3.70. The Labute approximate surface area is 137 Å². The van der Waals surface area contributed by atoms with Gasteiger partial charge in [0.2, 0.25) is 0 Å². The number of hydrogen-bond acceptors (Lipinski definition) is 6. The van der Waals surface area contributed by atoms with Crippen LogP contribution in [0.25, 0.3) is 5.65 Å². The number of phenols is 1. The molecule has 7 nitrogen and oxygen atoms in total. The number of hydrogen-bond donors (Lipinski definition) is 3. The molecule has 0 fully saturated rings. The molecular weight excluding hydrogens is 310 g/mol. The van der Waals surface area contributed by atoms with Crippen LogP contribution in [0.3, 0.4) is 0 Å². The molecule has 2 heterocycles. The fraction of sp³-hybridized carbons (Fsp3) is 0.176. The molecule has 0 aliphatic rings. The van der Waals surface area contributed by atoms with Crippen molar-refractivity contribution in [2.75, 3.05) is 12.4 Å². The van der Waals surface area contributed by atoms with Gasteiger partial charge in [-0.1, -0.05) is 6.07 Å². The van der Waals surface area contributed by atoms with Crippen LogP contribution >= 0.6 is 0 Å². The number of anilines is 2. The Morgan fingerprint density at radius 1 is 1.33 bits per heavy atom. The average Bonchev–Trinajstić information content (AvgIpc) is 2.57. The molecule has 0 atom stereocenters. The number of aromatic hydroxyl groups is 1. The first-order chi connectivity index (χ1) is 11.5. The van der Waals surface area contributed by atoms with Crippen LogP contribution in [0.15, 0.2) is 41.3 Å². The molecule has 3 aromatic rings. The molecule has 0 saturated carbocycles. The highest BCUT2D eigenvalue weighted by atomic mass is 16.5. The van der Waals surface area contributed by atoms with Gasteiger partial charge in [0.15, 0.2) is 11.4 Å². The lowest BCUT2D eigenvalue weighted by atomic mass is 10.2. The van der Waals surface area contributed by atoms with Gasteiger partial charge in [0.05, 0.1) is 25.0 Å². The minimum atomic E-state index is -0.485. The maximum absolute atomic E-state index is 12.6. The number of aliphatic hydroxyl groups excluding tert-OH is 1. The monoisotopic (exact) mass is 327 g/mol. The summed E-state index contributed by atoms with van der Waals surface area (Å²) in [5.41, 5.74) is 1.29. The molecule has 3 rings (SSSR count). The van der Waals surface area contributed by atoms with Gasteiger partial charge in [0, 0.05) is 6.20 Å². The van der Waals surface area contributed by atoms with E-state index < -0.39 is 12.2 Å². The van der Waals surface area contributed by atoms with Crippen molar-refractivity contribution < 1.29 is 14.9 Å². The zero-order valence-electron chi connectivity index (χ0n) is 13.3. The van der Waals surface area contributed by atoms with E-state index in [0.29, 0.717) is 17.1 Å². The van der Waals surface area contributed by atoms with Crippen LogP contribution in [-0.4, -0.2) is 26.7 Å². The van der Waals surface area contributed by atoms with Gasteiger partial charge in [0.25, 0.3) is 5.56 Å². The van der Waals surface area contributed by atoms with Crippen molar-refractivity contribution in [3.8, 4) is 11.5 Å². The first-order valence-corrected chi connectivity index (χ1v) is 7.31. The molecule has 2 aromatic heterocycles. The second-order valence-corrected chi connectivity index (χ2v) is 5.32. The Hall–Kier alpha value is -3.06. The van der Waals surface area contributed by atoms with E-state index >= 15 is 0 Å². The van der Waals surface area contributed by atoms with E-state index in [1.54, 1.807) is 30.5 Å². The second kappa shape index (κ2) is 6.21. The molecule has 24 heavy (non-hydrogen) atoms. The van der Waals surface area contributed by atoms with E-state index in [0.717, 1.165) is 5.56 Å². The quantitative estimate of drug-likeness (QED) is 0.634. The lowest BCUT2D eigenvalue weighted by Crippen LogP contribution is -2.22. The summed E-state index contributed by atoms with van der Waals surface area (Å²) in [5.74, 6) is 0.627. The molecule has 0 aliphatic carbocycles. The summed E-state index contributed by atoms with van der Waals surface area (Å²) >= 11 is 0. The van der Waals surface area contributed by atoms with E-state index in [-0.39, 0.29) is 17.1 Å². The SMILES string of the molecule is COc1cccn2c(=O)c(CO)c(Nc3ccc(C)cc3O)nc12. The topological polar surface area (TPSA) is 96.1 Å². The van der Waals surface area contributed by atoms with Crippen molar-refractivity contribution in [1.29, 1.82) is 0 Å². The van der Waals surface area contributed by atoms with Gasteiger partial charge in [-0.2, -0.15) is 0 Å². The highest BCUT2D eigenvalue weighted by Crippen LogP contribution is 2.28. The number of nitrogens with one attached hydrogen (secondary N) is 1. The number of methoxy groups -OCH3 is 1. The Kier molecular flexibility index (Phi) is 4.09. The molecule has 0 saturated heterocycles. The summed E-state index contributed by atoms with van der Waals surface area (Å²) in [6, 6.07) is 8.44. The molecule has 0 aliphatic heterocycles. The number of aryl methyl sites for hydroxylation is 1. The Morgan fingerprint density at radius 2 is 2.12 bits per heavy atom. The van der Waals surface area contributed by atoms with E-state index in [1.165, 1.54) is 11.5 Å².